The summed E-state index contributed by atoms with van der Waals surface area (Å²) in [7, 11) is -3.89. The number of amides is 1. The highest BCUT2D eigenvalue weighted by atomic mass is 35.5. The molecule has 0 aliphatic rings. The summed E-state index contributed by atoms with van der Waals surface area (Å²) < 4.78 is 30.0. The van der Waals surface area contributed by atoms with Crippen molar-refractivity contribution in [3.63, 3.8) is 0 Å². The number of nitrogens with one attached hydrogen (secondary N) is 2. The van der Waals surface area contributed by atoms with Crippen molar-refractivity contribution < 1.29 is 17.9 Å². The molecule has 0 aliphatic carbocycles. The zero-order chi connectivity index (χ0) is 20.2. The minimum Gasteiger partial charge on any atom is -0.483 e. The molecule has 1 amide bonds. The van der Waals surface area contributed by atoms with Gasteiger partial charge in [0, 0.05) is 10.7 Å². The third-order valence-corrected chi connectivity index (χ3v) is 4.61. The Morgan fingerprint density at radius 3 is 2.52 bits per heavy atom. The van der Waals surface area contributed by atoms with E-state index in [2.05, 4.69) is 10.0 Å². The summed E-state index contributed by atoms with van der Waals surface area (Å²) in [6.07, 6.45) is 0. The first-order chi connectivity index (χ1) is 12.5. The molecule has 0 unspecified atom stereocenters. The van der Waals surface area contributed by atoms with E-state index in [1.165, 1.54) is 12.1 Å². The van der Waals surface area contributed by atoms with Gasteiger partial charge < -0.3 is 10.1 Å². The molecule has 4 N–H and O–H groups in total. The van der Waals surface area contributed by atoms with Crippen LogP contribution in [0.5, 0.6) is 5.75 Å². The van der Waals surface area contributed by atoms with E-state index in [0.717, 1.165) is 11.1 Å². The monoisotopic (exact) mass is 411 g/mol. The third-order valence-electron chi connectivity index (χ3n) is 3.68. The number of nitrogens with two attached hydrogens (primary N) is 1. The van der Waals surface area contributed by atoms with Gasteiger partial charge >= 0.3 is 0 Å². The van der Waals surface area contributed by atoms with Crippen molar-refractivity contribution in [2.75, 3.05) is 16.6 Å². The van der Waals surface area contributed by atoms with Gasteiger partial charge in [0.05, 0.1) is 5.69 Å². The zero-order valence-corrected chi connectivity index (χ0v) is 16.8. The third kappa shape index (κ3) is 6.42. The Labute approximate surface area is 164 Å². The molecule has 2 aromatic rings. The lowest BCUT2D eigenvalue weighted by Crippen LogP contribution is -2.22. The largest absolute Gasteiger partial charge is 0.483 e. The van der Waals surface area contributed by atoms with Crippen molar-refractivity contribution in [2.24, 2.45) is 5.14 Å². The Bertz CT molecular complexity index is 946. The van der Waals surface area contributed by atoms with Crippen LogP contribution in [0.1, 0.15) is 30.9 Å². The Kier molecular flexibility index (Phi) is 6.69. The molecule has 7 nitrogen and oxygen atoms in total. The van der Waals surface area contributed by atoms with Crippen LogP contribution < -0.4 is 19.9 Å². The summed E-state index contributed by atoms with van der Waals surface area (Å²) in [5.41, 5.74) is 2.43. The number of halogens is 1. The smallest absolute Gasteiger partial charge is 0.296 e. The van der Waals surface area contributed by atoms with Gasteiger partial charge in [0.15, 0.2) is 6.61 Å². The molecule has 0 bridgehead atoms. The highest BCUT2D eigenvalue weighted by Crippen LogP contribution is 2.32. The van der Waals surface area contributed by atoms with Gasteiger partial charge in [0.1, 0.15) is 5.75 Å². The summed E-state index contributed by atoms with van der Waals surface area (Å²) in [4.78, 5) is 12.2. The number of anilines is 2. The molecule has 146 valence electrons. The average molecular weight is 412 g/mol. The van der Waals surface area contributed by atoms with Crippen molar-refractivity contribution >= 4 is 39.1 Å². The maximum Gasteiger partial charge on any atom is 0.296 e. The van der Waals surface area contributed by atoms with Gasteiger partial charge in [0.25, 0.3) is 16.1 Å². The summed E-state index contributed by atoms with van der Waals surface area (Å²) in [5, 5.41) is 8.23. The number of rotatable bonds is 7. The number of carbonyl (C=O) groups is 1. The predicted molar refractivity (Wildman–Crippen MR) is 108 cm³/mol. The Morgan fingerprint density at radius 1 is 1.22 bits per heavy atom. The predicted octanol–water partition coefficient (Wildman–Crippen LogP) is 3.40. The Balaban J connectivity index is 2.05. The molecule has 0 fully saturated rings. The van der Waals surface area contributed by atoms with Crippen molar-refractivity contribution in [1.29, 1.82) is 0 Å². The molecule has 0 aromatic heterocycles. The van der Waals surface area contributed by atoms with Gasteiger partial charge in [-0.25, -0.2) is 5.14 Å². The number of benzene rings is 2. The summed E-state index contributed by atoms with van der Waals surface area (Å²) in [6, 6.07) is 9.83. The number of hydrogen-bond donors (Lipinski definition) is 3. The highest BCUT2D eigenvalue weighted by Gasteiger charge is 2.13. The number of aryl methyl sites for hydroxylation is 1. The summed E-state index contributed by atoms with van der Waals surface area (Å²) >= 11 is 6.17. The van der Waals surface area contributed by atoms with Crippen molar-refractivity contribution in [3.8, 4) is 5.75 Å². The van der Waals surface area contributed by atoms with Crippen LogP contribution in [-0.4, -0.2) is 20.9 Å². The van der Waals surface area contributed by atoms with Crippen LogP contribution in [0, 0.1) is 6.92 Å². The first kappa shape index (κ1) is 21.0. The van der Waals surface area contributed by atoms with Gasteiger partial charge in [0.2, 0.25) is 0 Å². The van der Waals surface area contributed by atoms with Crippen LogP contribution in [0.25, 0.3) is 0 Å². The van der Waals surface area contributed by atoms with Gasteiger partial charge in [-0.15, -0.1) is 0 Å². The molecule has 0 radical (unpaired) electrons. The maximum atomic E-state index is 12.2. The lowest BCUT2D eigenvalue weighted by molar-refractivity contribution is -0.118. The SMILES string of the molecule is Cc1cc(OCC(=O)Nc2cccc(NS(N)(=O)=O)c2)c(C(C)C)cc1Cl. The van der Waals surface area contributed by atoms with E-state index < -0.39 is 10.2 Å². The molecule has 0 aliphatic heterocycles. The van der Waals surface area contributed by atoms with E-state index in [9.17, 15) is 13.2 Å². The summed E-state index contributed by atoms with van der Waals surface area (Å²) in [5.74, 6) is 0.402. The van der Waals surface area contributed by atoms with E-state index in [1.807, 2.05) is 32.9 Å². The highest BCUT2D eigenvalue weighted by molar-refractivity contribution is 7.90. The van der Waals surface area contributed by atoms with Crippen LogP contribution in [0.15, 0.2) is 36.4 Å². The fraction of sp³-hybridized carbons (Fsp3) is 0.278. The number of carbonyl (C=O) groups excluding carboxylic acids is 1. The van der Waals surface area contributed by atoms with Crippen LogP contribution in [0.3, 0.4) is 0 Å². The maximum absolute atomic E-state index is 12.2. The second kappa shape index (κ2) is 8.60. The second-order valence-electron chi connectivity index (χ2n) is 6.36. The van der Waals surface area contributed by atoms with E-state index >= 15 is 0 Å². The van der Waals surface area contributed by atoms with E-state index in [0.29, 0.717) is 16.5 Å². The van der Waals surface area contributed by atoms with Gasteiger partial charge in [-0.1, -0.05) is 31.5 Å². The van der Waals surface area contributed by atoms with Crippen LogP contribution >= 0.6 is 11.6 Å². The molecular formula is C18H22ClN3O4S. The van der Waals surface area contributed by atoms with Gasteiger partial charge in [-0.05, 0) is 54.3 Å². The van der Waals surface area contributed by atoms with Crippen molar-refractivity contribution in [3.05, 3.63) is 52.5 Å². The van der Waals surface area contributed by atoms with E-state index in [4.69, 9.17) is 21.5 Å². The Morgan fingerprint density at radius 2 is 1.89 bits per heavy atom. The molecule has 2 rings (SSSR count). The first-order valence-corrected chi connectivity index (χ1v) is 10.1. The topological polar surface area (TPSA) is 111 Å². The molecule has 27 heavy (non-hydrogen) atoms. The number of hydrogen-bond acceptors (Lipinski definition) is 4. The van der Waals surface area contributed by atoms with Crippen molar-refractivity contribution in [1.82, 2.24) is 0 Å². The fourth-order valence-corrected chi connectivity index (χ4v) is 3.04. The quantitative estimate of drug-likeness (QED) is 0.648. The van der Waals surface area contributed by atoms with E-state index in [-0.39, 0.29) is 24.1 Å². The minimum absolute atomic E-state index is 0.183. The normalized spacial score (nSPS) is 11.3. The Hall–Kier alpha value is -2.29. The van der Waals surface area contributed by atoms with Gasteiger partial charge in [-0.2, -0.15) is 8.42 Å². The fourth-order valence-electron chi connectivity index (χ4n) is 2.41. The number of ether oxygens (including phenoxy) is 1. The first-order valence-electron chi connectivity index (χ1n) is 8.18. The zero-order valence-electron chi connectivity index (χ0n) is 15.2. The standard InChI is InChI=1S/C18H22ClN3O4S/c1-11(2)15-9-16(19)12(3)7-17(15)26-10-18(23)21-13-5-4-6-14(8-13)22-27(20,24)25/h4-9,11,22H,10H2,1-3H3,(H,21,23)(H2,20,24,25). The summed E-state index contributed by atoms with van der Waals surface area (Å²) in [6.45, 7) is 5.69. The average Bonchev–Trinajstić information content (AvgIpc) is 2.54. The second-order valence-corrected chi connectivity index (χ2v) is 8.06. The molecule has 0 heterocycles. The molecular weight excluding hydrogens is 390 g/mol. The lowest BCUT2D eigenvalue weighted by Gasteiger charge is -2.16. The molecule has 0 spiro atoms. The molecule has 2 aromatic carbocycles. The molecule has 0 atom stereocenters. The molecule has 9 heteroatoms. The van der Waals surface area contributed by atoms with Crippen LogP contribution in [0.2, 0.25) is 5.02 Å². The molecule has 0 saturated heterocycles. The van der Waals surface area contributed by atoms with E-state index in [1.54, 1.807) is 12.1 Å². The lowest BCUT2D eigenvalue weighted by atomic mass is 10.0. The molecule has 0 saturated carbocycles. The van der Waals surface area contributed by atoms with Gasteiger partial charge in [-0.3, -0.25) is 9.52 Å². The van der Waals surface area contributed by atoms with Crippen LogP contribution in [-0.2, 0) is 15.0 Å². The van der Waals surface area contributed by atoms with Crippen molar-refractivity contribution in [2.45, 2.75) is 26.7 Å². The minimum atomic E-state index is -3.89. The van der Waals surface area contributed by atoms with Crippen LogP contribution in [0.4, 0.5) is 11.4 Å².